The van der Waals surface area contributed by atoms with E-state index in [2.05, 4.69) is 6.92 Å². The van der Waals surface area contributed by atoms with Crippen molar-refractivity contribution in [3.8, 4) is 11.5 Å². The third-order valence-electron chi connectivity index (χ3n) is 1.80. The Kier molecular flexibility index (Phi) is 5.42. The molecule has 2 nitrogen and oxygen atoms in total. The van der Waals surface area contributed by atoms with Crippen LogP contribution in [0, 0.1) is 13.8 Å². The van der Waals surface area contributed by atoms with Crippen LogP contribution < -0.4 is 9.47 Å². The summed E-state index contributed by atoms with van der Waals surface area (Å²) in [5.74, 6) is 1.49. The van der Waals surface area contributed by atoms with Gasteiger partial charge in [-0.3, -0.25) is 0 Å². The van der Waals surface area contributed by atoms with Gasteiger partial charge in [-0.25, -0.2) is 0 Å². The zero-order valence-corrected chi connectivity index (χ0v) is 11.1. The quantitative estimate of drug-likeness (QED) is 0.753. The molecular weight excluding hydrogens is 241 g/mol. The molecule has 13 heavy (non-hydrogen) atoms. The van der Waals surface area contributed by atoms with Gasteiger partial charge in [0.05, 0.1) is 20.0 Å². The van der Waals surface area contributed by atoms with E-state index in [-0.39, 0.29) is 32.7 Å². The van der Waals surface area contributed by atoms with Crippen LogP contribution in [-0.2, 0) is 32.7 Å². The van der Waals surface area contributed by atoms with Crippen LogP contribution in [0.1, 0.15) is 11.1 Å². The Morgan fingerprint density at radius 3 is 2.00 bits per heavy atom. The molecular formula is C10H13O2Y-. The number of benzene rings is 1. The molecule has 0 aliphatic carbocycles. The van der Waals surface area contributed by atoms with Crippen molar-refractivity contribution in [1.29, 1.82) is 0 Å². The standard InChI is InChI=1S/C10H13O2.Y/c1-7-5-6-8(2)10(12-4)9(7)11-3;/h5-6H,1H2,2-4H3;/q-1;. The minimum absolute atomic E-state index is 0. The van der Waals surface area contributed by atoms with Gasteiger partial charge < -0.3 is 9.47 Å². The zero-order valence-electron chi connectivity index (χ0n) is 8.26. The van der Waals surface area contributed by atoms with Crippen molar-refractivity contribution in [1.82, 2.24) is 0 Å². The Labute approximate surface area is 105 Å². The van der Waals surface area contributed by atoms with E-state index in [1.807, 2.05) is 19.1 Å². The topological polar surface area (TPSA) is 18.5 Å². The first kappa shape index (κ1) is 12.8. The monoisotopic (exact) mass is 254 g/mol. The maximum atomic E-state index is 5.18. The molecule has 0 N–H and O–H groups in total. The van der Waals surface area contributed by atoms with E-state index < -0.39 is 0 Å². The summed E-state index contributed by atoms with van der Waals surface area (Å²) in [6, 6.07) is 3.88. The fourth-order valence-electron chi connectivity index (χ4n) is 1.18. The van der Waals surface area contributed by atoms with Crippen LogP contribution in [0.3, 0.4) is 0 Å². The van der Waals surface area contributed by atoms with E-state index in [1.54, 1.807) is 14.2 Å². The number of hydrogen-bond acceptors (Lipinski definition) is 2. The first-order valence-corrected chi connectivity index (χ1v) is 3.74. The number of aryl methyl sites for hydroxylation is 1. The van der Waals surface area contributed by atoms with E-state index in [0.717, 1.165) is 22.6 Å². The molecule has 1 rings (SSSR count). The number of hydrogen-bond donors (Lipinski definition) is 0. The van der Waals surface area contributed by atoms with Gasteiger partial charge in [0.25, 0.3) is 0 Å². The molecule has 1 aromatic carbocycles. The van der Waals surface area contributed by atoms with Gasteiger partial charge in [0.15, 0.2) is 0 Å². The average Bonchev–Trinajstić information content (AvgIpc) is 2.08. The summed E-state index contributed by atoms with van der Waals surface area (Å²) >= 11 is 0. The Morgan fingerprint density at radius 1 is 1.08 bits per heavy atom. The molecule has 0 heterocycles. The van der Waals surface area contributed by atoms with Crippen LogP contribution in [0.25, 0.3) is 0 Å². The van der Waals surface area contributed by atoms with Crippen LogP contribution in [-0.4, -0.2) is 14.2 Å². The van der Waals surface area contributed by atoms with Gasteiger partial charge >= 0.3 is 0 Å². The normalized spacial score (nSPS) is 8.85. The molecule has 0 spiro atoms. The number of rotatable bonds is 2. The van der Waals surface area contributed by atoms with Gasteiger partial charge in [-0.2, -0.15) is 18.6 Å². The van der Waals surface area contributed by atoms with Gasteiger partial charge in [0.2, 0.25) is 0 Å². The molecule has 0 aromatic heterocycles. The van der Waals surface area contributed by atoms with Gasteiger partial charge in [-0.1, -0.05) is 0 Å². The molecule has 3 heteroatoms. The molecule has 0 unspecified atom stereocenters. The largest absolute Gasteiger partial charge is 0.550 e. The minimum Gasteiger partial charge on any atom is -0.550 e. The Balaban J connectivity index is 0.00000144. The molecule has 1 aromatic rings. The molecule has 0 saturated carbocycles. The van der Waals surface area contributed by atoms with Crippen molar-refractivity contribution in [2.75, 3.05) is 14.2 Å². The van der Waals surface area contributed by atoms with E-state index in [0.29, 0.717) is 0 Å². The first-order valence-electron chi connectivity index (χ1n) is 3.74. The van der Waals surface area contributed by atoms with Gasteiger partial charge in [0, 0.05) is 32.7 Å². The smallest absolute Gasteiger partial charge is 0.107 e. The first-order chi connectivity index (χ1) is 5.70. The molecule has 0 bridgehead atoms. The zero-order chi connectivity index (χ0) is 9.14. The molecule has 0 aliphatic rings. The molecule has 0 aliphatic heterocycles. The Hall–Kier alpha value is -0.206. The summed E-state index contributed by atoms with van der Waals surface area (Å²) in [6.45, 7) is 5.81. The predicted octanol–water partition coefficient (Wildman–Crippen LogP) is 2.19. The van der Waals surface area contributed by atoms with Crippen LogP contribution in [0.15, 0.2) is 12.1 Å². The summed E-state index contributed by atoms with van der Waals surface area (Å²) in [6.07, 6.45) is 0. The van der Waals surface area contributed by atoms with Crippen LogP contribution >= 0.6 is 0 Å². The van der Waals surface area contributed by atoms with Crippen molar-refractivity contribution in [3.63, 3.8) is 0 Å². The van der Waals surface area contributed by atoms with Gasteiger partial charge in [-0.15, -0.1) is 6.07 Å². The Morgan fingerprint density at radius 2 is 1.62 bits per heavy atom. The summed E-state index contributed by atoms with van der Waals surface area (Å²) < 4.78 is 10.3. The second-order valence-electron chi connectivity index (χ2n) is 2.61. The van der Waals surface area contributed by atoms with Crippen molar-refractivity contribution in [2.24, 2.45) is 0 Å². The summed E-state index contributed by atoms with van der Waals surface area (Å²) in [5, 5.41) is 0. The summed E-state index contributed by atoms with van der Waals surface area (Å²) in [4.78, 5) is 0. The van der Waals surface area contributed by atoms with Crippen LogP contribution in [0.5, 0.6) is 11.5 Å². The van der Waals surface area contributed by atoms with E-state index in [9.17, 15) is 0 Å². The van der Waals surface area contributed by atoms with Crippen LogP contribution in [0.2, 0.25) is 0 Å². The predicted molar refractivity (Wildman–Crippen MR) is 48.7 cm³/mol. The molecule has 0 fully saturated rings. The van der Waals surface area contributed by atoms with Crippen molar-refractivity contribution in [2.45, 2.75) is 6.92 Å². The van der Waals surface area contributed by atoms with Crippen molar-refractivity contribution < 1.29 is 42.2 Å². The summed E-state index contributed by atoms with van der Waals surface area (Å²) in [7, 11) is 3.25. The fraction of sp³-hybridized carbons (Fsp3) is 0.300. The van der Waals surface area contributed by atoms with Crippen LogP contribution in [0.4, 0.5) is 0 Å². The summed E-state index contributed by atoms with van der Waals surface area (Å²) in [5.41, 5.74) is 1.90. The number of ether oxygens (including phenoxy) is 2. The maximum Gasteiger partial charge on any atom is 0.107 e. The maximum absolute atomic E-state index is 5.18. The second kappa shape index (κ2) is 5.51. The molecule has 69 valence electrons. The second-order valence-corrected chi connectivity index (χ2v) is 2.61. The van der Waals surface area contributed by atoms with Crippen molar-refractivity contribution in [3.05, 3.63) is 30.2 Å². The Bertz CT molecular complexity index is 255. The van der Waals surface area contributed by atoms with E-state index in [1.165, 1.54) is 0 Å². The average molecular weight is 254 g/mol. The van der Waals surface area contributed by atoms with Gasteiger partial charge in [0.1, 0.15) is 5.75 Å². The molecule has 0 amide bonds. The third kappa shape index (κ3) is 2.62. The molecule has 1 radical (unpaired) electrons. The molecule has 0 atom stereocenters. The third-order valence-corrected chi connectivity index (χ3v) is 1.80. The number of methoxy groups -OCH3 is 2. The fourth-order valence-corrected chi connectivity index (χ4v) is 1.18. The van der Waals surface area contributed by atoms with Gasteiger partial charge in [-0.05, 0) is 12.5 Å². The minimum atomic E-state index is 0. The van der Waals surface area contributed by atoms with E-state index >= 15 is 0 Å². The van der Waals surface area contributed by atoms with Crippen molar-refractivity contribution >= 4 is 0 Å². The van der Waals surface area contributed by atoms with E-state index in [4.69, 9.17) is 9.47 Å². The SMILES string of the molecule is [CH2-]c1ccc(C)c(OC)c1OC.[Y]. The molecule has 0 saturated heterocycles.